The molecule has 1 saturated heterocycles. The third-order valence-corrected chi connectivity index (χ3v) is 6.55. The summed E-state index contributed by atoms with van der Waals surface area (Å²) in [6, 6.07) is 10.6. The maximum absolute atomic E-state index is 13.6. The van der Waals surface area contributed by atoms with E-state index in [0.29, 0.717) is 36.2 Å². The van der Waals surface area contributed by atoms with Gasteiger partial charge in [-0.2, -0.15) is 13.2 Å². The molecule has 4 aromatic rings. The van der Waals surface area contributed by atoms with Crippen molar-refractivity contribution in [1.82, 2.24) is 19.0 Å². The minimum atomic E-state index is -4.51. The van der Waals surface area contributed by atoms with E-state index in [-0.39, 0.29) is 34.2 Å². The second-order valence-corrected chi connectivity index (χ2v) is 8.93. The Morgan fingerprint density at radius 3 is 2.70 bits per heavy atom. The number of alkyl halides is 3. The van der Waals surface area contributed by atoms with E-state index in [1.165, 1.54) is 34.9 Å². The average molecular weight is 529 g/mol. The lowest BCUT2D eigenvalue weighted by atomic mass is 10.2. The van der Waals surface area contributed by atoms with Crippen LogP contribution in [0, 0.1) is 0 Å². The van der Waals surface area contributed by atoms with Gasteiger partial charge in [0, 0.05) is 19.3 Å². The Bertz CT molecular complexity index is 1580. The number of fused-ring (bicyclic) bond motifs is 1. The fourth-order valence-electron chi connectivity index (χ4n) is 4.53. The molecule has 0 bridgehead atoms. The van der Waals surface area contributed by atoms with E-state index in [0.717, 1.165) is 12.1 Å². The molecule has 7 nitrogen and oxygen atoms in total. The summed E-state index contributed by atoms with van der Waals surface area (Å²) in [6.07, 6.45) is 0.500. The van der Waals surface area contributed by atoms with Gasteiger partial charge in [0.2, 0.25) is 5.91 Å². The molecule has 1 aliphatic rings. The Kier molecular flexibility index (Phi) is 6.28. The highest BCUT2D eigenvalue weighted by Gasteiger charge is 2.31. The van der Waals surface area contributed by atoms with Gasteiger partial charge in [-0.05, 0) is 55.0 Å². The quantitative estimate of drug-likeness (QED) is 0.316. The second kappa shape index (κ2) is 9.44. The molecule has 1 aliphatic heterocycles. The Morgan fingerprint density at radius 2 is 1.97 bits per heavy atom. The minimum absolute atomic E-state index is 0.0256. The van der Waals surface area contributed by atoms with E-state index in [2.05, 4.69) is 11.6 Å². The molecule has 1 amide bonds. The Hall–Kier alpha value is -4.05. The molecule has 0 N–H and O–H groups in total. The summed E-state index contributed by atoms with van der Waals surface area (Å²) in [7, 11) is 0. The molecule has 3 heterocycles. The van der Waals surface area contributed by atoms with Crippen LogP contribution in [0.25, 0.3) is 16.7 Å². The fourth-order valence-corrected chi connectivity index (χ4v) is 4.74. The largest absolute Gasteiger partial charge is 0.456 e. The Labute approximate surface area is 214 Å². The van der Waals surface area contributed by atoms with Crippen molar-refractivity contribution < 1.29 is 22.7 Å². The van der Waals surface area contributed by atoms with Crippen LogP contribution in [0.5, 0.6) is 11.5 Å². The molecule has 0 spiro atoms. The number of halogens is 4. The van der Waals surface area contributed by atoms with Crippen molar-refractivity contribution in [2.75, 3.05) is 13.1 Å². The van der Waals surface area contributed by atoms with Crippen LogP contribution in [-0.2, 0) is 11.0 Å². The molecular weight excluding hydrogens is 509 g/mol. The summed E-state index contributed by atoms with van der Waals surface area (Å²) in [5.74, 6) is -0.0829. The van der Waals surface area contributed by atoms with Crippen molar-refractivity contribution in [2.45, 2.75) is 18.6 Å². The number of carbonyl (C=O) groups is 1. The normalized spacial score (nSPS) is 15.8. The van der Waals surface area contributed by atoms with Gasteiger partial charge in [0.15, 0.2) is 0 Å². The SMILES string of the molecule is C=CC(=O)N1CCC(n2c(=O)n(-c3ccc(Oc4cccc(C(F)(F)F)c4)c(Cl)c3)c3cnccc32)C1. The second-order valence-electron chi connectivity index (χ2n) is 8.53. The topological polar surface area (TPSA) is 69.4 Å². The highest BCUT2D eigenvalue weighted by Crippen LogP contribution is 2.36. The van der Waals surface area contributed by atoms with Crippen LogP contribution in [-0.4, -0.2) is 38.0 Å². The number of carbonyl (C=O) groups excluding carboxylic acids is 1. The lowest BCUT2D eigenvalue weighted by Gasteiger charge is -2.15. The first-order valence-corrected chi connectivity index (χ1v) is 11.7. The zero-order valence-electron chi connectivity index (χ0n) is 19.3. The van der Waals surface area contributed by atoms with Gasteiger partial charge in [0.05, 0.1) is 39.5 Å². The van der Waals surface area contributed by atoms with Crippen molar-refractivity contribution in [3.8, 4) is 17.2 Å². The van der Waals surface area contributed by atoms with Crippen LogP contribution in [0.15, 0.2) is 78.4 Å². The predicted molar refractivity (Wildman–Crippen MR) is 132 cm³/mol. The molecule has 37 heavy (non-hydrogen) atoms. The molecule has 190 valence electrons. The molecule has 1 unspecified atom stereocenters. The Morgan fingerprint density at radius 1 is 1.16 bits per heavy atom. The first kappa shape index (κ1) is 24.6. The maximum Gasteiger partial charge on any atom is 0.416 e. The molecule has 1 fully saturated rings. The van der Waals surface area contributed by atoms with Crippen molar-refractivity contribution >= 4 is 28.5 Å². The van der Waals surface area contributed by atoms with Crippen molar-refractivity contribution in [2.24, 2.45) is 0 Å². The third-order valence-electron chi connectivity index (χ3n) is 6.25. The lowest BCUT2D eigenvalue weighted by Crippen LogP contribution is -2.31. The molecule has 5 rings (SSSR count). The molecule has 2 aromatic heterocycles. The summed E-state index contributed by atoms with van der Waals surface area (Å²) in [5.41, 5.74) is 0.454. The van der Waals surface area contributed by atoms with Crippen molar-refractivity contribution in [1.29, 1.82) is 0 Å². The molecule has 0 radical (unpaired) electrons. The summed E-state index contributed by atoms with van der Waals surface area (Å²) < 4.78 is 47.8. The number of nitrogens with zero attached hydrogens (tertiary/aromatic N) is 4. The highest BCUT2D eigenvalue weighted by atomic mass is 35.5. The highest BCUT2D eigenvalue weighted by molar-refractivity contribution is 6.32. The van der Waals surface area contributed by atoms with Crippen LogP contribution in [0.3, 0.4) is 0 Å². The van der Waals surface area contributed by atoms with Crippen molar-refractivity contribution in [3.05, 3.63) is 94.6 Å². The van der Waals surface area contributed by atoms with Gasteiger partial charge >= 0.3 is 11.9 Å². The van der Waals surface area contributed by atoms with Crippen molar-refractivity contribution in [3.63, 3.8) is 0 Å². The van der Waals surface area contributed by atoms with Crippen LogP contribution in [0.2, 0.25) is 5.02 Å². The zero-order valence-corrected chi connectivity index (χ0v) is 20.0. The maximum atomic E-state index is 13.6. The van der Waals surface area contributed by atoms with Gasteiger partial charge in [-0.15, -0.1) is 0 Å². The molecule has 0 saturated carbocycles. The van der Waals surface area contributed by atoms with E-state index in [1.807, 2.05) is 0 Å². The smallest absolute Gasteiger partial charge is 0.416 e. The van der Waals surface area contributed by atoms with E-state index in [1.54, 1.807) is 34.0 Å². The number of amides is 1. The van der Waals surface area contributed by atoms with Crippen LogP contribution >= 0.6 is 11.6 Å². The van der Waals surface area contributed by atoms with Gasteiger partial charge in [-0.25, -0.2) is 4.79 Å². The third kappa shape index (κ3) is 4.60. The number of likely N-dealkylation sites (tertiary alicyclic amines) is 1. The van der Waals surface area contributed by atoms with E-state index >= 15 is 0 Å². The van der Waals surface area contributed by atoms with E-state index in [4.69, 9.17) is 16.3 Å². The number of hydrogen-bond acceptors (Lipinski definition) is 4. The van der Waals surface area contributed by atoms with Crippen LogP contribution in [0.1, 0.15) is 18.0 Å². The van der Waals surface area contributed by atoms with Crippen LogP contribution in [0.4, 0.5) is 13.2 Å². The Balaban J connectivity index is 1.51. The average Bonchev–Trinajstić information content (AvgIpc) is 3.46. The number of rotatable bonds is 5. The number of hydrogen-bond donors (Lipinski definition) is 0. The standard InChI is InChI=1S/C26H20ClF3N4O3/c1-2-24(35)32-11-9-18(15-32)34-21-8-10-31-14-22(21)33(25(34)36)17-6-7-23(20(27)13-17)37-19-5-3-4-16(12-19)26(28,29)30/h2-8,10,12-14,18H,1,9,11,15H2. The minimum Gasteiger partial charge on any atom is -0.456 e. The molecular formula is C26H20ClF3N4O3. The monoisotopic (exact) mass is 528 g/mol. The van der Waals surface area contributed by atoms with Gasteiger partial charge in [-0.3, -0.25) is 18.9 Å². The lowest BCUT2D eigenvalue weighted by molar-refractivity contribution is -0.137. The number of imidazole rings is 1. The molecule has 2 aromatic carbocycles. The number of ether oxygens (including phenoxy) is 1. The zero-order chi connectivity index (χ0) is 26.3. The number of benzene rings is 2. The van der Waals surface area contributed by atoms with E-state index < -0.39 is 11.7 Å². The number of aromatic nitrogens is 3. The summed E-state index contributed by atoms with van der Waals surface area (Å²) in [5, 5.41) is 0.107. The fraction of sp³-hybridized carbons (Fsp3) is 0.192. The summed E-state index contributed by atoms with van der Waals surface area (Å²) in [6.45, 7) is 4.40. The van der Waals surface area contributed by atoms with Gasteiger partial charge in [0.1, 0.15) is 11.5 Å². The molecule has 0 aliphatic carbocycles. The first-order chi connectivity index (χ1) is 17.7. The number of pyridine rings is 1. The first-order valence-electron chi connectivity index (χ1n) is 11.3. The predicted octanol–water partition coefficient (Wildman–Crippen LogP) is 5.61. The molecule has 1 atom stereocenters. The molecule has 11 heteroatoms. The summed E-state index contributed by atoms with van der Waals surface area (Å²) >= 11 is 6.43. The van der Waals surface area contributed by atoms with Gasteiger partial charge in [-0.1, -0.05) is 24.2 Å². The van der Waals surface area contributed by atoms with Gasteiger partial charge < -0.3 is 9.64 Å². The van der Waals surface area contributed by atoms with Gasteiger partial charge in [0.25, 0.3) is 0 Å². The van der Waals surface area contributed by atoms with E-state index in [9.17, 15) is 22.8 Å². The van der Waals surface area contributed by atoms with Crippen LogP contribution < -0.4 is 10.4 Å². The summed E-state index contributed by atoms with van der Waals surface area (Å²) in [4.78, 5) is 31.5.